The number of pyridine rings is 1. The summed E-state index contributed by atoms with van der Waals surface area (Å²) >= 11 is 0. The number of carbonyl (C=O) groups excluding carboxylic acids is 1. The van der Waals surface area contributed by atoms with Gasteiger partial charge in [-0.2, -0.15) is 4.98 Å². The summed E-state index contributed by atoms with van der Waals surface area (Å²) in [4.78, 5) is 33.5. The summed E-state index contributed by atoms with van der Waals surface area (Å²) in [7, 11) is 1.57. The van der Waals surface area contributed by atoms with E-state index in [4.69, 9.17) is 11.2 Å². The fourth-order valence-electron chi connectivity index (χ4n) is 3.29. The molecular weight excluding hydrogens is 418 g/mol. The first-order valence-corrected chi connectivity index (χ1v) is 9.87. The van der Waals surface area contributed by atoms with E-state index in [1.54, 1.807) is 37.6 Å². The Hall–Kier alpha value is -4.90. The van der Waals surface area contributed by atoms with Crippen molar-refractivity contribution in [2.45, 2.75) is 0 Å². The normalized spacial score (nSPS) is 10.3. The van der Waals surface area contributed by atoms with E-state index >= 15 is 0 Å². The Morgan fingerprint density at radius 1 is 1.21 bits per heavy atom. The summed E-state index contributed by atoms with van der Waals surface area (Å²) < 4.78 is 6.80. The number of amides is 1. The number of para-hydroxylation sites is 2. The number of carbonyl (C=O) groups is 1. The van der Waals surface area contributed by atoms with E-state index in [0.717, 1.165) is 0 Å². The second-order valence-electron chi connectivity index (χ2n) is 6.87. The minimum atomic E-state index is -0.347. The molecule has 0 spiro atoms. The minimum Gasteiger partial charge on any atom is -0.495 e. The Balaban J connectivity index is 1.84. The lowest BCUT2D eigenvalue weighted by atomic mass is 10.1. The number of hydrogen-bond acceptors (Lipinski definition) is 6. The van der Waals surface area contributed by atoms with Crippen LogP contribution >= 0.6 is 0 Å². The molecule has 0 aliphatic heterocycles. The number of aromatic nitrogens is 3. The molecule has 4 aromatic rings. The number of rotatable bonds is 6. The Morgan fingerprint density at radius 3 is 2.67 bits per heavy atom. The van der Waals surface area contributed by atoms with Gasteiger partial charge >= 0.3 is 0 Å². The zero-order valence-electron chi connectivity index (χ0n) is 17.7. The van der Waals surface area contributed by atoms with Crippen LogP contribution in [0.2, 0.25) is 0 Å². The number of methoxy groups -OCH3 is 1. The molecule has 2 N–H and O–H groups in total. The molecule has 0 radical (unpaired) electrons. The predicted octanol–water partition coefficient (Wildman–Crippen LogP) is 3.64. The number of ether oxygens (including phenoxy) is 1. The summed E-state index contributed by atoms with van der Waals surface area (Å²) in [6.45, 7) is 3.43. The summed E-state index contributed by atoms with van der Waals surface area (Å²) in [6.07, 6.45) is 8.37. The van der Waals surface area contributed by atoms with Crippen molar-refractivity contribution in [2.75, 3.05) is 17.7 Å². The van der Waals surface area contributed by atoms with E-state index in [1.165, 1.54) is 16.7 Å². The molecule has 0 fully saturated rings. The quantitative estimate of drug-likeness (QED) is 0.353. The molecule has 33 heavy (non-hydrogen) atoms. The predicted molar refractivity (Wildman–Crippen MR) is 128 cm³/mol. The number of hydrogen-bond donors (Lipinski definition) is 2. The van der Waals surface area contributed by atoms with E-state index in [1.807, 2.05) is 24.3 Å². The standard InChI is InChI=1S/C25H19N5O3/c1-4-16-14-23(32)30(18-12-10-17(11-13-18)27-22(31)5-2)24-19(16)15-26-25(29-24)28-20-8-6-7-9-21(20)33-3/h1,5-15H,2H2,3H3,(H,27,31)(H,26,28,29). The molecule has 4 rings (SSSR count). The van der Waals surface area contributed by atoms with Crippen LogP contribution in [-0.4, -0.2) is 27.6 Å². The molecule has 0 unspecified atom stereocenters. The SMILES string of the molecule is C#Cc1cc(=O)n(-c2ccc(NC(=O)C=C)cc2)c2nc(Nc3ccccc3OC)ncc12. The summed E-state index contributed by atoms with van der Waals surface area (Å²) in [6, 6.07) is 15.5. The van der Waals surface area contributed by atoms with Gasteiger partial charge < -0.3 is 15.4 Å². The van der Waals surface area contributed by atoms with Crippen molar-refractivity contribution in [3.05, 3.63) is 89.4 Å². The molecule has 0 bridgehead atoms. The molecule has 0 saturated carbocycles. The average molecular weight is 437 g/mol. The molecule has 2 aromatic carbocycles. The van der Waals surface area contributed by atoms with E-state index in [0.29, 0.717) is 39.4 Å². The van der Waals surface area contributed by atoms with Gasteiger partial charge in [-0.25, -0.2) is 4.98 Å². The van der Waals surface area contributed by atoms with Crippen LogP contribution in [0.3, 0.4) is 0 Å². The molecule has 0 saturated heterocycles. The van der Waals surface area contributed by atoms with Crippen molar-refractivity contribution < 1.29 is 9.53 Å². The van der Waals surface area contributed by atoms with Crippen molar-refractivity contribution in [2.24, 2.45) is 0 Å². The van der Waals surface area contributed by atoms with Crippen LogP contribution in [0, 0.1) is 12.3 Å². The molecule has 8 heteroatoms. The van der Waals surface area contributed by atoms with Crippen LogP contribution in [-0.2, 0) is 4.79 Å². The van der Waals surface area contributed by atoms with Crippen LogP contribution in [0.4, 0.5) is 17.3 Å². The molecule has 8 nitrogen and oxygen atoms in total. The Bertz CT molecular complexity index is 1470. The third kappa shape index (κ3) is 4.29. The molecule has 0 aliphatic rings. The summed E-state index contributed by atoms with van der Waals surface area (Å²) in [5.74, 6) is 3.08. The van der Waals surface area contributed by atoms with Crippen LogP contribution in [0.15, 0.2) is 78.2 Å². The number of terminal acetylenes is 1. The van der Waals surface area contributed by atoms with Crippen molar-refractivity contribution in [3.8, 4) is 23.8 Å². The first kappa shape index (κ1) is 21.3. The molecule has 2 aromatic heterocycles. The fraction of sp³-hybridized carbons (Fsp3) is 0.0400. The maximum absolute atomic E-state index is 13.0. The van der Waals surface area contributed by atoms with Gasteiger partial charge in [0.15, 0.2) is 5.65 Å². The smallest absolute Gasteiger partial charge is 0.258 e. The Labute approximate surface area is 189 Å². The Kier molecular flexibility index (Phi) is 5.87. The van der Waals surface area contributed by atoms with Crippen molar-refractivity contribution in [1.29, 1.82) is 0 Å². The second kappa shape index (κ2) is 9.08. The molecular formula is C25H19N5O3. The second-order valence-corrected chi connectivity index (χ2v) is 6.87. The van der Waals surface area contributed by atoms with Gasteiger partial charge in [-0.3, -0.25) is 14.2 Å². The molecule has 162 valence electrons. The lowest BCUT2D eigenvalue weighted by Gasteiger charge is -2.14. The highest BCUT2D eigenvalue weighted by atomic mass is 16.5. The van der Waals surface area contributed by atoms with Crippen LogP contribution in [0.25, 0.3) is 16.7 Å². The van der Waals surface area contributed by atoms with E-state index in [2.05, 4.69) is 33.1 Å². The molecule has 1 amide bonds. The summed E-state index contributed by atoms with van der Waals surface area (Å²) in [5, 5.41) is 6.33. The van der Waals surface area contributed by atoms with Crippen molar-refractivity contribution >= 4 is 34.3 Å². The first-order valence-electron chi connectivity index (χ1n) is 9.87. The van der Waals surface area contributed by atoms with Gasteiger partial charge in [-0.1, -0.05) is 24.6 Å². The zero-order valence-corrected chi connectivity index (χ0v) is 17.7. The lowest BCUT2D eigenvalue weighted by Crippen LogP contribution is -2.20. The van der Waals surface area contributed by atoms with Crippen molar-refractivity contribution in [3.63, 3.8) is 0 Å². The maximum Gasteiger partial charge on any atom is 0.258 e. The zero-order chi connectivity index (χ0) is 23.4. The highest BCUT2D eigenvalue weighted by molar-refractivity contribution is 5.98. The summed E-state index contributed by atoms with van der Waals surface area (Å²) in [5.41, 5.74) is 2.17. The van der Waals surface area contributed by atoms with E-state index in [-0.39, 0.29) is 17.4 Å². The van der Waals surface area contributed by atoms with E-state index in [9.17, 15) is 9.59 Å². The molecule has 0 aliphatic carbocycles. The number of nitrogens with one attached hydrogen (secondary N) is 2. The minimum absolute atomic E-state index is 0.268. The largest absolute Gasteiger partial charge is 0.495 e. The van der Waals surface area contributed by atoms with Gasteiger partial charge in [-0.05, 0) is 42.5 Å². The van der Waals surface area contributed by atoms with Gasteiger partial charge in [0.05, 0.1) is 23.9 Å². The Morgan fingerprint density at radius 2 is 1.97 bits per heavy atom. The van der Waals surface area contributed by atoms with Crippen molar-refractivity contribution in [1.82, 2.24) is 14.5 Å². The molecule has 2 heterocycles. The number of nitrogens with zero attached hydrogens (tertiary/aromatic N) is 3. The highest BCUT2D eigenvalue weighted by Crippen LogP contribution is 2.27. The molecule has 0 atom stereocenters. The monoisotopic (exact) mass is 437 g/mol. The van der Waals surface area contributed by atoms with Gasteiger partial charge in [0.1, 0.15) is 5.75 Å². The van der Waals surface area contributed by atoms with Crippen LogP contribution < -0.4 is 20.9 Å². The number of benzene rings is 2. The number of anilines is 3. The van der Waals surface area contributed by atoms with Gasteiger partial charge in [0, 0.05) is 23.5 Å². The fourth-order valence-corrected chi connectivity index (χ4v) is 3.29. The van der Waals surface area contributed by atoms with Gasteiger partial charge in [0.2, 0.25) is 11.9 Å². The first-order chi connectivity index (χ1) is 16.0. The third-order valence-electron chi connectivity index (χ3n) is 4.85. The lowest BCUT2D eigenvalue weighted by molar-refractivity contribution is -0.111. The van der Waals surface area contributed by atoms with Gasteiger partial charge in [-0.15, -0.1) is 6.42 Å². The van der Waals surface area contributed by atoms with Crippen LogP contribution in [0.1, 0.15) is 5.56 Å². The van der Waals surface area contributed by atoms with Gasteiger partial charge in [0.25, 0.3) is 5.56 Å². The third-order valence-corrected chi connectivity index (χ3v) is 4.85. The highest BCUT2D eigenvalue weighted by Gasteiger charge is 2.14. The maximum atomic E-state index is 13.0. The number of fused-ring (bicyclic) bond motifs is 1. The average Bonchev–Trinajstić information content (AvgIpc) is 2.84. The van der Waals surface area contributed by atoms with E-state index < -0.39 is 0 Å². The van der Waals surface area contributed by atoms with Crippen LogP contribution in [0.5, 0.6) is 5.75 Å². The topological polar surface area (TPSA) is 98.1 Å².